The van der Waals surface area contributed by atoms with Crippen LogP contribution in [0.2, 0.25) is 0 Å². The Labute approximate surface area is 283 Å². The van der Waals surface area contributed by atoms with Gasteiger partial charge in [0.05, 0.1) is 0 Å². The van der Waals surface area contributed by atoms with Gasteiger partial charge in [-0.2, -0.15) is 0 Å². The molecule has 0 saturated carbocycles. The molecule has 2 aromatic heterocycles. The molecule has 10 rings (SSSR count). The van der Waals surface area contributed by atoms with Crippen molar-refractivity contribution in [3.63, 3.8) is 0 Å². The third kappa shape index (κ3) is 4.72. The van der Waals surface area contributed by atoms with Gasteiger partial charge in [-0.25, -0.2) is 15.0 Å². The Morgan fingerprint density at radius 3 is 2.08 bits per heavy atom. The van der Waals surface area contributed by atoms with Gasteiger partial charge in [0.2, 0.25) is 0 Å². The third-order valence-electron chi connectivity index (χ3n) is 9.75. The minimum atomic E-state index is 0.617. The van der Waals surface area contributed by atoms with E-state index in [2.05, 4.69) is 121 Å². The molecule has 4 nitrogen and oxygen atoms in total. The first-order valence-electron chi connectivity index (χ1n) is 16.7. The quantitative estimate of drug-likeness (QED) is 0.182. The van der Waals surface area contributed by atoms with Crippen LogP contribution in [0.15, 0.2) is 150 Å². The van der Waals surface area contributed by atoms with Crippen LogP contribution in [0.3, 0.4) is 0 Å². The smallest absolute Gasteiger partial charge is 0.164 e. The van der Waals surface area contributed by atoms with Crippen molar-refractivity contribution in [1.82, 2.24) is 15.0 Å². The first-order chi connectivity index (χ1) is 24.2. The van der Waals surface area contributed by atoms with E-state index in [9.17, 15) is 0 Å². The van der Waals surface area contributed by atoms with E-state index in [1.165, 1.54) is 32.7 Å². The molecular weight excluding hydrogens is 599 g/mol. The zero-order chi connectivity index (χ0) is 32.3. The second kappa shape index (κ2) is 11.1. The average molecular weight is 628 g/mol. The van der Waals surface area contributed by atoms with Gasteiger partial charge in [0.1, 0.15) is 11.2 Å². The molecule has 7 aromatic carbocycles. The summed E-state index contributed by atoms with van der Waals surface area (Å²) < 4.78 is 6.55. The summed E-state index contributed by atoms with van der Waals surface area (Å²) in [5, 5.41) is 6.93. The van der Waals surface area contributed by atoms with Crippen LogP contribution < -0.4 is 0 Å². The van der Waals surface area contributed by atoms with E-state index in [1.807, 2.05) is 30.3 Å². The second-order valence-corrected chi connectivity index (χ2v) is 12.7. The predicted molar refractivity (Wildman–Crippen MR) is 201 cm³/mol. The third-order valence-corrected chi connectivity index (χ3v) is 9.75. The number of fused-ring (bicyclic) bond motifs is 7. The van der Waals surface area contributed by atoms with Crippen molar-refractivity contribution in [3.05, 3.63) is 157 Å². The number of para-hydroxylation sites is 1. The summed E-state index contributed by atoms with van der Waals surface area (Å²) in [4.78, 5) is 15.5. The van der Waals surface area contributed by atoms with Gasteiger partial charge in [0.25, 0.3) is 0 Å². The summed E-state index contributed by atoms with van der Waals surface area (Å²) in [6.45, 7) is 0. The van der Waals surface area contributed by atoms with Crippen LogP contribution in [0.25, 0.3) is 94.8 Å². The summed E-state index contributed by atoms with van der Waals surface area (Å²) in [5.74, 6) is 1.91. The van der Waals surface area contributed by atoms with Crippen molar-refractivity contribution in [2.45, 2.75) is 12.8 Å². The van der Waals surface area contributed by atoms with Crippen LogP contribution in [0, 0.1) is 0 Å². The Hall–Kier alpha value is -6.39. The number of hydrogen-bond acceptors (Lipinski definition) is 4. The number of aromatic nitrogens is 3. The van der Waals surface area contributed by atoms with Gasteiger partial charge in [0, 0.05) is 27.5 Å². The predicted octanol–water partition coefficient (Wildman–Crippen LogP) is 11.7. The van der Waals surface area contributed by atoms with Crippen molar-refractivity contribution in [2.24, 2.45) is 0 Å². The normalized spacial score (nSPS) is 12.7. The molecule has 4 heteroatoms. The van der Waals surface area contributed by atoms with E-state index in [0.29, 0.717) is 17.5 Å². The maximum Gasteiger partial charge on any atom is 0.164 e. The highest BCUT2D eigenvalue weighted by Crippen LogP contribution is 2.41. The highest BCUT2D eigenvalue weighted by molar-refractivity contribution is 6.14. The number of allylic oxidation sites excluding steroid dienone is 1. The lowest BCUT2D eigenvalue weighted by Crippen LogP contribution is -2.02. The van der Waals surface area contributed by atoms with E-state index < -0.39 is 0 Å². The largest absolute Gasteiger partial charge is 0.456 e. The fourth-order valence-corrected chi connectivity index (χ4v) is 7.29. The van der Waals surface area contributed by atoms with Crippen molar-refractivity contribution in [3.8, 4) is 45.3 Å². The minimum Gasteiger partial charge on any atom is -0.456 e. The van der Waals surface area contributed by atoms with Crippen molar-refractivity contribution >= 4 is 49.6 Å². The van der Waals surface area contributed by atoms with E-state index >= 15 is 0 Å². The molecular formula is C45H29N3O. The topological polar surface area (TPSA) is 51.8 Å². The lowest BCUT2D eigenvalue weighted by atomic mass is 9.94. The zero-order valence-electron chi connectivity index (χ0n) is 26.6. The molecule has 1 aliphatic carbocycles. The molecule has 9 aromatic rings. The van der Waals surface area contributed by atoms with Gasteiger partial charge < -0.3 is 4.42 Å². The summed E-state index contributed by atoms with van der Waals surface area (Å²) in [6, 6.07) is 49.0. The average Bonchev–Trinajstić information content (AvgIpc) is 3.56. The van der Waals surface area contributed by atoms with Crippen LogP contribution in [0.4, 0.5) is 0 Å². The number of aryl methyl sites for hydroxylation is 1. The monoisotopic (exact) mass is 627 g/mol. The first kappa shape index (κ1) is 27.7. The van der Waals surface area contributed by atoms with Gasteiger partial charge in [-0.3, -0.25) is 0 Å². The molecule has 0 atom stereocenters. The highest BCUT2D eigenvalue weighted by Gasteiger charge is 2.20. The maximum atomic E-state index is 6.55. The van der Waals surface area contributed by atoms with Crippen molar-refractivity contribution in [1.29, 1.82) is 0 Å². The van der Waals surface area contributed by atoms with Crippen LogP contribution in [-0.2, 0) is 6.42 Å². The molecule has 0 aliphatic heterocycles. The fraction of sp³-hybridized carbons (Fsp3) is 0.0444. The van der Waals surface area contributed by atoms with E-state index in [4.69, 9.17) is 19.4 Å². The summed E-state index contributed by atoms with van der Waals surface area (Å²) in [6.07, 6.45) is 6.49. The molecule has 230 valence electrons. The maximum absolute atomic E-state index is 6.55. The minimum absolute atomic E-state index is 0.617. The molecule has 49 heavy (non-hydrogen) atoms. The Balaban J connectivity index is 1.24. The molecule has 0 saturated heterocycles. The Morgan fingerprint density at radius 1 is 0.469 bits per heavy atom. The Bertz CT molecular complexity index is 2780. The number of furan rings is 1. The molecule has 0 amide bonds. The number of nitrogens with zero attached hydrogens (tertiary/aromatic N) is 3. The van der Waals surface area contributed by atoms with Crippen LogP contribution in [-0.4, -0.2) is 15.0 Å². The molecule has 0 spiro atoms. The second-order valence-electron chi connectivity index (χ2n) is 12.7. The Morgan fingerprint density at radius 2 is 1.18 bits per heavy atom. The first-order valence-corrected chi connectivity index (χ1v) is 16.7. The van der Waals surface area contributed by atoms with Gasteiger partial charge >= 0.3 is 0 Å². The molecule has 0 bridgehead atoms. The summed E-state index contributed by atoms with van der Waals surface area (Å²) >= 11 is 0. The van der Waals surface area contributed by atoms with Crippen LogP contribution >= 0.6 is 0 Å². The SMILES string of the molecule is C1=Cc2ccc(-c3nc(-c4ccccc4)nc(-c4cc(-c5ccc6ccc7ccccc7c6c5)cc5oc6ccccc6c45)n3)cc2CC1. The van der Waals surface area contributed by atoms with Gasteiger partial charge in [-0.05, 0) is 87.0 Å². The van der Waals surface area contributed by atoms with Crippen LogP contribution in [0.1, 0.15) is 17.5 Å². The summed E-state index contributed by atoms with van der Waals surface area (Å²) in [5.41, 5.74) is 9.20. The van der Waals surface area contributed by atoms with Crippen molar-refractivity contribution < 1.29 is 4.42 Å². The summed E-state index contributed by atoms with van der Waals surface area (Å²) in [7, 11) is 0. The highest BCUT2D eigenvalue weighted by atomic mass is 16.3. The van der Waals surface area contributed by atoms with Gasteiger partial charge in [-0.1, -0.05) is 121 Å². The number of rotatable bonds is 4. The Kier molecular flexibility index (Phi) is 6.28. The zero-order valence-corrected chi connectivity index (χ0v) is 26.6. The lowest BCUT2D eigenvalue weighted by molar-refractivity contribution is 0.669. The van der Waals surface area contributed by atoms with Gasteiger partial charge in [-0.15, -0.1) is 0 Å². The standard InChI is InChI=1S/C45H29N3O/c1-2-12-31(13-3-1)43-46-44(34-23-18-28-10-4-5-14-32(28)24-34)48-45(47-43)39-26-35(27-41-42(39)37-16-8-9-17-40(37)49-41)33-22-21-30-20-19-29-11-6-7-15-36(29)38(30)25-33/h1-4,6-13,15-27H,5,14H2. The van der Waals surface area contributed by atoms with Crippen LogP contribution in [0.5, 0.6) is 0 Å². The van der Waals surface area contributed by atoms with Crippen molar-refractivity contribution in [2.75, 3.05) is 0 Å². The molecule has 2 heterocycles. The van der Waals surface area contributed by atoms with E-state index in [0.717, 1.165) is 62.6 Å². The lowest BCUT2D eigenvalue weighted by Gasteiger charge is -2.14. The number of hydrogen-bond donors (Lipinski definition) is 0. The number of benzene rings is 7. The molecule has 0 unspecified atom stereocenters. The molecule has 0 N–H and O–H groups in total. The van der Waals surface area contributed by atoms with E-state index in [-0.39, 0.29) is 0 Å². The van der Waals surface area contributed by atoms with E-state index in [1.54, 1.807) is 0 Å². The molecule has 0 radical (unpaired) electrons. The van der Waals surface area contributed by atoms with Gasteiger partial charge in [0.15, 0.2) is 17.5 Å². The fourth-order valence-electron chi connectivity index (χ4n) is 7.29. The molecule has 0 fully saturated rings. The molecule has 1 aliphatic rings.